The van der Waals surface area contributed by atoms with Crippen molar-refractivity contribution in [3.05, 3.63) is 59.7 Å². The molecule has 7 heteroatoms. The van der Waals surface area contributed by atoms with E-state index >= 15 is 0 Å². The highest BCUT2D eigenvalue weighted by Crippen LogP contribution is 2.21. The molecule has 7 nitrogen and oxygen atoms in total. The Kier molecular flexibility index (Phi) is 5.46. The number of imidazole rings is 1. The van der Waals surface area contributed by atoms with Crippen LogP contribution >= 0.6 is 0 Å². The summed E-state index contributed by atoms with van der Waals surface area (Å²) in [5.74, 6) is -0.0225. The van der Waals surface area contributed by atoms with Crippen LogP contribution in [0.25, 0.3) is 11.0 Å². The zero-order valence-corrected chi connectivity index (χ0v) is 16.1. The van der Waals surface area contributed by atoms with Crippen LogP contribution in [-0.4, -0.2) is 46.1 Å². The molecule has 1 amide bonds. The number of carbonyl (C=O) groups is 2. The van der Waals surface area contributed by atoms with Crippen molar-refractivity contribution >= 4 is 28.9 Å². The summed E-state index contributed by atoms with van der Waals surface area (Å²) in [6, 6.07) is 15.3. The number of nitrogens with one attached hydrogen (secondary N) is 2. The van der Waals surface area contributed by atoms with E-state index in [9.17, 15) is 9.59 Å². The number of aryl methyl sites for hydroxylation is 1. The number of nitrogens with zero attached hydrogens (tertiary/aromatic N) is 2. The molecule has 0 bridgehead atoms. The standard InChI is InChI=1S/C22H24N4O3/c27-20(28)10-7-15-5-8-16(9-6-15)21(29)23-17-11-13-26(14-12-17)22-24-18-3-1-2-4-19(18)25-22/h1-6,8-9,17H,7,10-14H2,(H,23,29)(H,24,25)(H,27,28). The van der Waals surface area contributed by atoms with Crippen LogP contribution in [0.3, 0.4) is 0 Å². The highest BCUT2D eigenvalue weighted by molar-refractivity contribution is 5.94. The Labute approximate surface area is 168 Å². The molecule has 3 aromatic rings. The van der Waals surface area contributed by atoms with E-state index in [4.69, 9.17) is 5.11 Å². The molecule has 1 aliphatic rings. The molecule has 0 unspecified atom stereocenters. The highest BCUT2D eigenvalue weighted by atomic mass is 16.4. The van der Waals surface area contributed by atoms with Crippen molar-refractivity contribution in [1.82, 2.24) is 15.3 Å². The predicted octanol–water partition coefficient (Wildman–Crippen LogP) is 2.98. The number of carbonyl (C=O) groups excluding carboxylic acids is 1. The SMILES string of the molecule is O=C(O)CCc1ccc(C(=O)NC2CCN(c3nc4ccccc4[nH]3)CC2)cc1. The minimum atomic E-state index is -0.819. The molecule has 1 aromatic heterocycles. The van der Waals surface area contributed by atoms with Gasteiger partial charge in [-0.3, -0.25) is 9.59 Å². The molecule has 0 atom stereocenters. The fourth-order valence-corrected chi connectivity index (χ4v) is 3.67. The average molecular weight is 392 g/mol. The van der Waals surface area contributed by atoms with E-state index in [1.54, 1.807) is 12.1 Å². The number of amides is 1. The number of piperidine rings is 1. The Morgan fingerprint density at radius 2 is 1.83 bits per heavy atom. The van der Waals surface area contributed by atoms with Gasteiger partial charge in [0.25, 0.3) is 5.91 Å². The van der Waals surface area contributed by atoms with E-state index in [-0.39, 0.29) is 18.4 Å². The van der Waals surface area contributed by atoms with Gasteiger partial charge in [0, 0.05) is 31.1 Å². The smallest absolute Gasteiger partial charge is 0.303 e. The topological polar surface area (TPSA) is 98.3 Å². The molecule has 150 valence electrons. The highest BCUT2D eigenvalue weighted by Gasteiger charge is 2.23. The van der Waals surface area contributed by atoms with Crippen molar-refractivity contribution in [3.8, 4) is 0 Å². The lowest BCUT2D eigenvalue weighted by atomic mass is 10.0. The first-order valence-electron chi connectivity index (χ1n) is 9.90. The van der Waals surface area contributed by atoms with Gasteiger partial charge in [-0.05, 0) is 49.1 Å². The Morgan fingerprint density at radius 1 is 1.10 bits per heavy atom. The number of para-hydroxylation sites is 2. The van der Waals surface area contributed by atoms with Crippen molar-refractivity contribution in [2.24, 2.45) is 0 Å². The monoisotopic (exact) mass is 392 g/mol. The second-order valence-corrected chi connectivity index (χ2v) is 7.40. The van der Waals surface area contributed by atoms with Crippen LogP contribution in [0, 0.1) is 0 Å². The fourth-order valence-electron chi connectivity index (χ4n) is 3.67. The van der Waals surface area contributed by atoms with E-state index in [0.29, 0.717) is 12.0 Å². The number of anilines is 1. The van der Waals surface area contributed by atoms with Crippen LogP contribution in [-0.2, 0) is 11.2 Å². The number of aliphatic carboxylic acids is 1. The first-order valence-corrected chi connectivity index (χ1v) is 9.90. The normalized spacial score (nSPS) is 14.8. The summed E-state index contributed by atoms with van der Waals surface area (Å²) in [4.78, 5) is 33.4. The van der Waals surface area contributed by atoms with E-state index < -0.39 is 5.97 Å². The number of aromatic amines is 1. The van der Waals surface area contributed by atoms with E-state index in [0.717, 1.165) is 48.5 Å². The third-order valence-corrected chi connectivity index (χ3v) is 5.35. The number of aromatic nitrogens is 2. The molecular weight excluding hydrogens is 368 g/mol. The molecule has 2 aromatic carbocycles. The van der Waals surface area contributed by atoms with Gasteiger partial charge in [-0.1, -0.05) is 24.3 Å². The molecule has 29 heavy (non-hydrogen) atoms. The van der Waals surface area contributed by atoms with Gasteiger partial charge >= 0.3 is 5.97 Å². The van der Waals surface area contributed by atoms with Crippen LogP contribution in [0.4, 0.5) is 5.95 Å². The molecular formula is C22H24N4O3. The third kappa shape index (κ3) is 4.56. The average Bonchev–Trinajstić information content (AvgIpc) is 3.17. The molecule has 0 spiro atoms. The molecule has 4 rings (SSSR count). The van der Waals surface area contributed by atoms with Crippen LogP contribution in [0.1, 0.15) is 35.2 Å². The van der Waals surface area contributed by atoms with Crippen LogP contribution in [0.5, 0.6) is 0 Å². The largest absolute Gasteiger partial charge is 0.481 e. The lowest BCUT2D eigenvalue weighted by molar-refractivity contribution is -0.136. The van der Waals surface area contributed by atoms with Gasteiger partial charge in [-0.2, -0.15) is 0 Å². The Bertz CT molecular complexity index is 971. The number of benzene rings is 2. The minimum absolute atomic E-state index is 0.0861. The molecule has 2 heterocycles. The van der Waals surface area contributed by atoms with Gasteiger partial charge in [0.15, 0.2) is 0 Å². The maximum atomic E-state index is 12.5. The van der Waals surface area contributed by atoms with E-state index in [1.807, 2.05) is 36.4 Å². The summed E-state index contributed by atoms with van der Waals surface area (Å²) >= 11 is 0. The number of rotatable bonds is 6. The lowest BCUT2D eigenvalue weighted by Crippen LogP contribution is -2.45. The molecule has 0 radical (unpaired) electrons. The summed E-state index contributed by atoms with van der Waals surface area (Å²) in [6.45, 7) is 1.66. The number of carboxylic acids is 1. The van der Waals surface area contributed by atoms with Gasteiger partial charge in [-0.15, -0.1) is 0 Å². The maximum Gasteiger partial charge on any atom is 0.303 e. The predicted molar refractivity (Wildman–Crippen MR) is 111 cm³/mol. The van der Waals surface area contributed by atoms with E-state index in [2.05, 4.69) is 20.2 Å². The summed E-state index contributed by atoms with van der Waals surface area (Å²) in [5, 5.41) is 11.9. The molecule has 1 aliphatic heterocycles. The third-order valence-electron chi connectivity index (χ3n) is 5.35. The van der Waals surface area contributed by atoms with Gasteiger partial charge in [0.1, 0.15) is 0 Å². The second kappa shape index (κ2) is 8.34. The summed E-state index contributed by atoms with van der Waals surface area (Å²) in [5.41, 5.74) is 3.52. The van der Waals surface area contributed by atoms with Crippen molar-refractivity contribution in [1.29, 1.82) is 0 Å². The summed E-state index contributed by atoms with van der Waals surface area (Å²) in [7, 11) is 0. The van der Waals surface area contributed by atoms with Crippen molar-refractivity contribution in [3.63, 3.8) is 0 Å². The van der Waals surface area contributed by atoms with Gasteiger partial charge < -0.3 is 20.3 Å². The van der Waals surface area contributed by atoms with Crippen molar-refractivity contribution in [2.75, 3.05) is 18.0 Å². The Hall–Kier alpha value is -3.35. The van der Waals surface area contributed by atoms with Crippen LogP contribution in [0.15, 0.2) is 48.5 Å². The van der Waals surface area contributed by atoms with Crippen molar-refractivity contribution in [2.45, 2.75) is 31.7 Å². The molecule has 3 N–H and O–H groups in total. The quantitative estimate of drug-likeness (QED) is 0.599. The summed E-state index contributed by atoms with van der Waals surface area (Å²) < 4.78 is 0. The van der Waals surface area contributed by atoms with Crippen LogP contribution in [0.2, 0.25) is 0 Å². The number of H-pyrrole nitrogens is 1. The zero-order chi connectivity index (χ0) is 20.2. The Balaban J connectivity index is 1.29. The molecule has 1 fully saturated rings. The van der Waals surface area contributed by atoms with Crippen molar-refractivity contribution < 1.29 is 14.7 Å². The minimum Gasteiger partial charge on any atom is -0.481 e. The number of hydrogen-bond acceptors (Lipinski definition) is 4. The first kappa shape index (κ1) is 19.0. The maximum absolute atomic E-state index is 12.5. The van der Waals surface area contributed by atoms with Crippen LogP contribution < -0.4 is 10.2 Å². The second-order valence-electron chi connectivity index (χ2n) is 7.40. The lowest BCUT2D eigenvalue weighted by Gasteiger charge is -2.32. The fraction of sp³-hybridized carbons (Fsp3) is 0.318. The van der Waals surface area contributed by atoms with Gasteiger partial charge in [-0.25, -0.2) is 4.98 Å². The first-order chi connectivity index (χ1) is 14.1. The zero-order valence-electron chi connectivity index (χ0n) is 16.1. The number of carboxylic acid groups (broad SMARTS) is 1. The molecule has 0 saturated carbocycles. The molecule has 0 aliphatic carbocycles. The number of fused-ring (bicyclic) bond motifs is 1. The number of hydrogen-bond donors (Lipinski definition) is 3. The van der Waals surface area contributed by atoms with Gasteiger partial charge in [0.05, 0.1) is 11.0 Å². The summed E-state index contributed by atoms with van der Waals surface area (Å²) in [6.07, 6.45) is 2.28. The van der Waals surface area contributed by atoms with Gasteiger partial charge in [0.2, 0.25) is 5.95 Å². The Morgan fingerprint density at radius 3 is 2.52 bits per heavy atom. The van der Waals surface area contributed by atoms with E-state index in [1.165, 1.54) is 0 Å². The molecule has 1 saturated heterocycles.